The van der Waals surface area contributed by atoms with Crippen molar-refractivity contribution in [3.05, 3.63) is 52.5 Å². The molecule has 0 spiro atoms. The number of hydrogen-bond acceptors (Lipinski definition) is 3. The highest BCUT2D eigenvalue weighted by Gasteiger charge is 2.17. The summed E-state index contributed by atoms with van der Waals surface area (Å²) in [6.45, 7) is 1.63. The fourth-order valence-corrected chi connectivity index (χ4v) is 2.10. The van der Waals surface area contributed by atoms with Gasteiger partial charge in [0.25, 0.3) is 5.91 Å². The number of methoxy groups -OCH3 is 1. The number of ether oxygens (including phenoxy) is 2. The van der Waals surface area contributed by atoms with E-state index in [1.165, 1.54) is 0 Å². The zero-order chi connectivity index (χ0) is 16.1. The monoisotopic (exact) mass is 339 g/mol. The molecule has 0 fully saturated rings. The van der Waals surface area contributed by atoms with Crippen LogP contribution in [0.2, 0.25) is 10.0 Å². The molecule has 0 aliphatic carbocycles. The molecule has 0 bridgehead atoms. The van der Waals surface area contributed by atoms with Gasteiger partial charge in [-0.15, -0.1) is 0 Å². The molecule has 4 nitrogen and oxygen atoms in total. The minimum atomic E-state index is -0.734. The van der Waals surface area contributed by atoms with E-state index in [1.807, 2.05) is 0 Å². The molecule has 2 aromatic carbocycles. The number of nitrogens with one attached hydrogen (secondary N) is 1. The van der Waals surface area contributed by atoms with Crippen LogP contribution in [0.4, 0.5) is 5.69 Å². The van der Waals surface area contributed by atoms with E-state index in [0.717, 1.165) is 0 Å². The number of amides is 1. The van der Waals surface area contributed by atoms with Crippen LogP contribution < -0.4 is 14.8 Å². The van der Waals surface area contributed by atoms with E-state index in [1.54, 1.807) is 56.5 Å². The van der Waals surface area contributed by atoms with E-state index in [9.17, 15) is 4.79 Å². The van der Waals surface area contributed by atoms with Crippen molar-refractivity contribution in [2.45, 2.75) is 13.0 Å². The van der Waals surface area contributed by atoms with Crippen LogP contribution in [0.25, 0.3) is 0 Å². The molecule has 0 aliphatic heterocycles. The fourth-order valence-electron chi connectivity index (χ4n) is 1.76. The zero-order valence-corrected chi connectivity index (χ0v) is 13.6. The summed E-state index contributed by atoms with van der Waals surface area (Å²) in [6, 6.07) is 12.1. The molecule has 6 heteroatoms. The van der Waals surface area contributed by atoms with Crippen LogP contribution in [0.3, 0.4) is 0 Å². The van der Waals surface area contributed by atoms with Gasteiger partial charge in [-0.3, -0.25) is 4.79 Å². The second kappa shape index (κ2) is 7.38. The molecule has 0 saturated carbocycles. The summed E-state index contributed by atoms with van der Waals surface area (Å²) in [5.41, 5.74) is 0.622. The number of carbonyl (C=O) groups is 1. The third-order valence-electron chi connectivity index (χ3n) is 2.93. The van der Waals surface area contributed by atoms with Gasteiger partial charge in [0.05, 0.1) is 12.1 Å². The minimum absolute atomic E-state index is 0.283. The number of rotatable bonds is 5. The summed E-state index contributed by atoms with van der Waals surface area (Å²) < 4.78 is 10.7. The molecule has 0 unspecified atom stereocenters. The van der Waals surface area contributed by atoms with Gasteiger partial charge in [0, 0.05) is 11.8 Å². The summed E-state index contributed by atoms with van der Waals surface area (Å²) in [5, 5.41) is 3.41. The highest BCUT2D eigenvalue weighted by Crippen LogP contribution is 2.32. The first-order valence-corrected chi connectivity index (χ1v) is 7.32. The highest BCUT2D eigenvalue weighted by atomic mass is 35.5. The van der Waals surface area contributed by atoms with Gasteiger partial charge in [0.15, 0.2) is 6.10 Å². The van der Waals surface area contributed by atoms with E-state index in [4.69, 9.17) is 32.7 Å². The summed E-state index contributed by atoms with van der Waals surface area (Å²) >= 11 is 12.0. The number of anilines is 1. The zero-order valence-electron chi connectivity index (χ0n) is 12.1. The van der Waals surface area contributed by atoms with Crippen molar-refractivity contribution in [2.75, 3.05) is 12.4 Å². The van der Waals surface area contributed by atoms with Crippen molar-refractivity contribution in [2.24, 2.45) is 0 Å². The molecule has 22 heavy (non-hydrogen) atoms. The van der Waals surface area contributed by atoms with Gasteiger partial charge in [-0.05, 0) is 31.2 Å². The molecule has 1 N–H and O–H groups in total. The smallest absolute Gasteiger partial charge is 0.265 e. The molecule has 0 aromatic heterocycles. The largest absolute Gasteiger partial charge is 0.497 e. The lowest BCUT2D eigenvalue weighted by Crippen LogP contribution is -2.30. The summed E-state index contributed by atoms with van der Waals surface area (Å²) in [6.07, 6.45) is -0.734. The van der Waals surface area contributed by atoms with Crippen molar-refractivity contribution in [1.82, 2.24) is 0 Å². The summed E-state index contributed by atoms with van der Waals surface area (Å²) in [5.74, 6) is 0.719. The topological polar surface area (TPSA) is 47.6 Å². The van der Waals surface area contributed by atoms with Crippen LogP contribution in [0, 0.1) is 0 Å². The quantitative estimate of drug-likeness (QED) is 0.877. The predicted octanol–water partition coefficient (Wildman–Crippen LogP) is 4.41. The van der Waals surface area contributed by atoms with Crippen molar-refractivity contribution < 1.29 is 14.3 Å². The molecule has 0 aliphatic rings. The van der Waals surface area contributed by atoms with Gasteiger partial charge in [-0.25, -0.2) is 0 Å². The molecule has 1 atom stereocenters. The molecule has 2 rings (SSSR count). The Morgan fingerprint density at radius 3 is 2.64 bits per heavy atom. The van der Waals surface area contributed by atoms with E-state index in [-0.39, 0.29) is 10.9 Å². The lowest BCUT2D eigenvalue weighted by molar-refractivity contribution is -0.122. The third-order valence-corrected chi connectivity index (χ3v) is 3.73. The molecular weight excluding hydrogens is 325 g/mol. The van der Waals surface area contributed by atoms with Crippen molar-refractivity contribution in [1.29, 1.82) is 0 Å². The molecular formula is C16H15Cl2NO3. The van der Waals surface area contributed by atoms with E-state index < -0.39 is 6.10 Å². The van der Waals surface area contributed by atoms with E-state index >= 15 is 0 Å². The number of carbonyl (C=O) groups excluding carboxylic acids is 1. The second-order valence-electron chi connectivity index (χ2n) is 4.53. The van der Waals surface area contributed by atoms with Crippen LogP contribution in [0.1, 0.15) is 6.92 Å². The molecule has 1 amide bonds. The van der Waals surface area contributed by atoms with E-state index in [2.05, 4.69) is 5.32 Å². The Balaban J connectivity index is 2.04. The minimum Gasteiger partial charge on any atom is -0.497 e. The predicted molar refractivity (Wildman–Crippen MR) is 88.2 cm³/mol. The Morgan fingerprint density at radius 1 is 1.18 bits per heavy atom. The summed E-state index contributed by atoms with van der Waals surface area (Å²) in [7, 11) is 1.56. The third kappa shape index (κ3) is 4.06. The maximum absolute atomic E-state index is 12.2. The van der Waals surface area contributed by atoms with Crippen LogP contribution in [-0.4, -0.2) is 19.1 Å². The maximum atomic E-state index is 12.2. The Labute approximate surface area is 138 Å². The van der Waals surface area contributed by atoms with Gasteiger partial charge < -0.3 is 14.8 Å². The summed E-state index contributed by atoms with van der Waals surface area (Å²) in [4.78, 5) is 12.2. The highest BCUT2D eigenvalue weighted by molar-refractivity contribution is 6.42. The SMILES string of the molecule is COc1cccc(NC(=O)[C@@H](C)Oc2cccc(Cl)c2Cl)c1. The molecule has 0 radical (unpaired) electrons. The average Bonchev–Trinajstić information content (AvgIpc) is 2.52. The Morgan fingerprint density at radius 2 is 1.91 bits per heavy atom. The first-order valence-electron chi connectivity index (χ1n) is 6.57. The van der Waals surface area contributed by atoms with Crippen LogP contribution in [0.5, 0.6) is 11.5 Å². The number of benzene rings is 2. The van der Waals surface area contributed by atoms with Gasteiger partial charge in [-0.2, -0.15) is 0 Å². The van der Waals surface area contributed by atoms with Crippen LogP contribution in [0.15, 0.2) is 42.5 Å². The first kappa shape index (κ1) is 16.5. The number of hydrogen-bond donors (Lipinski definition) is 1. The van der Waals surface area contributed by atoms with Gasteiger partial charge in [0.1, 0.15) is 16.5 Å². The van der Waals surface area contributed by atoms with Crippen LogP contribution in [-0.2, 0) is 4.79 Å². The average molecular weight is 340 g/mol. The maximum Gasteiger partial charge on any atom is 0.265 e. The molecule has 0 saturated heterocycles. The van der Waals surface area contributed by atoms with Gasteiger partial charge in [-0.1, -0.05) is 35.3 Å². The van der Waals surface area contributed by atoms with Crippen LogP contribution >= 0.6 is 23.2 Å². The van der Waals surface area contributed by atoms with Gasteiger partial charge in [0.2, 0.25) is 0 Å². The molecule has 2 aromatic rings. The lowest BCUT2D eigenvalue weighted by Gasteiger charge is -2.16. The first-order chi connectivity index (χ1) is 10.5. The molecule has 116 valence electrons. The van der Waals surface area contributed by atoms with Gasteiger partial charge >= 0.3 is 0 Å². The molecule has 0 heterocycles. The van der Waals surface area contributed by atoms with Crippen molar-refractivity contribution in [3.8, 4) is 11.5 Å². The van der Waals surface area contributed by atoms with Crippen molar-refractivity contribution in [3.63, 3.8) is 0 Å². The van der Waals surface area contributed by atoms with E-state index in [0.29, 0.717) is 22.2 Å². The second-order valence-corrected chi connectivity index (χ2v) is 5.32. The fraction of sp³-hybridized carbons (Fsp3) is 0.188. The normalized spacial score (nSPS) is 11.6. The Kier molecular flexibility index (Phi) is 5.52. The number of halogens is 2. The Hall–Kier alpha value is -1.91. The Bertz CT molecular complexity index is 676. The van der Waals surface area contributed by atoms with Crippen molar-refractivity contribution >= 4 is 34.8 Å². The standard InChI is InChI=1S/C16H15Cl2NO3/c1-10(22-14-8-4-7-13(17)15(14)18)16(20)19-11-5-3-6-12(9-11)21-2/h3-10H,1-2H3,(H,19,20)/t10-/m1/s1. The lowest BCUT2D eigenvalue weighted by atomic mass is 10.2.